The van der Waals surface area contributed by atoms with Crippen LogP contribution in [0.5, 0.6) is 0 Å². The first-order valence-electron chi connectivity index (χ1n) is 14.1. The van der Waals surface area contributed by atoms with E-state index in [1.54, 1.807) is 7.11 Å². The molecule has 1 saturated heterocycles. The Bertz CT molecular complexity index is 1340. The molecule has 1 aliphatic heterocycles. The van der Waals surface area contributed by atoms with Crippen molar-refractivity contribution < 1.29 is 28.5 Å². The average molecular weight is 632 g/mol. The number of hydrogen-bond acceptors (Lipinski definition) is 6. The fourth-order valence-corrected chi connectivity index (χ4v) is 6.75. The van der Waals surface area contributed by atoms with E-state index in [2.05, 4.69) is 0 Å². The Hall–Kier alpha value is -3.13. The molecular formula is C35H36O6Se. The summed E-state index contributed by atoms with van der Waals surface area (Å²) >= 11 is -0.375. The maximum absolute atomic E-state index is 13.1. The fourth-order valence-electron chi connectivity index (χ4n) is 4.89. The van der Waals surface area contributed by atoms with E-state index in [-0.39, 0.29) is 19.6 Å². The van der Waals surface area contributed by atoms with Gasteiger partial charge in [0.1, 0.15) is 0 Å². The van der Waals surface area contributed by atoms with Crippen molar-refractivity contribution in [2.45, 2.75) is 55.8 Å². The number of benzene rings is 4. The van der Waals surface area contributed by atoms with Crippen molar-refractivity contribution >= 4 is 19.6 Å². The van der Waals surface area contributed by atoms with E-state index in [1.165, 1.54) is 0 Å². The minimum atomic E-state index is -0.696. The van der Waals surface area contributed by atoms with Gasteiger partial charge in [0.05, 0.1) is 0 Å². The Morgan fingerprint density at radius 2 is 1.05 bits per heavy atom. The molecule has 0 bridgehead atoms. The Morgan fingerprint density at radius 3 is 1.52 bits per heavy atom. The third-order valence-electron chi connectivity index (χ3n) is 7.07. The van der Waals surface area contributed by atoms with Crippen LogP contribution in [0, 0.1) is 0 Å². The van der Waals surface area contributed by atoms with Gasteiger partial charge in [-0.05, 0) is 0 Å². The van der Waals surface area contributed by atoms with E-state index in [9.17, 15) is 4.79 Å². The molecule has 0 aromatic heterocycles. The molecule has 0 spiro atoms. The molecule has 5 atom stereocenters. The quantitative estimate of drug-likeness (QED) is 0.157. The van der Waals surface area contributed by atoms with E-state index in [0.29, 0.717) is 30.7 Å². The van der Waals surface area contributed by atoms with E-state index in [1.807, 2.05) is 121 Å². The third-order valence-corrected chi connectivity index (χ3v) is 9.15. The molecule has 0 N–H and O–H groups in total. The van der Waals surface area contributed by atoms with Crippen molar-refractivity contribution in [3.05, 3.63) is 144 Å². The van der Waals surface area contributed by atoms with Crippen molar-refractivity contribution in [2.75, 3.05) is 7.11 Å². The van der Waals surface area contributed by atoms with E-state index < -0.39 is 30.7 Å². The fraction of sp³-hybridized carbons (Fsp3) is 0.286. The van der Waals surface area contributed by atoms with Crippen molar-refractivity contribution in [2.24, 2.45) is 0 Å². The zero-order chi connectivity index (χ0) is 29.0. The van der Waals surface area contributed by atoms with E-state index in [4.69, 9.17) is 23.7 Å². The normalized spacial score (nSPS) is 22.1. The van der Waals surface area contributed by atoms with E-state index in [0.717, 1.165) is 16.7 Å². The Morgan fingerprint density at radius 1 is 0.619 bits per heavy atom. The van der Waals surface area contributed by atoms with Crippen LogP contribution in [0.15, 0.2) is 121 Å². The summed E-state index contributed by atoms with van der Waals surface area (Å²) in [7, 11) is 1.61. The molecule has 0 aliphatic carbocycles. The van der Waals surface area contributed by atoms with Gasteiger partial charge in [-0.25, -0.2) is 0 Å². The first-order chi connectivity index (χ1) is 20.7. The summed E-state index contributed by atoms with van der Waals surface area (Å²) in [5.74, 6) is 0. The first-order valence-corrected chi connectivity index (χ1v) is 16.1. The van der Waals surface area contributed by atoms with Crippen LogP contribution in [0.1, 0.15) is 27.0 Å². The van der Waals surface area contributed by atoms with Crippen LogP contribution < -0.4 is 0 Å². The number of ether oxygens (including phenoxy) is 5. The summed E-state index contributed by atoms with van der Waals surface area (Å²) in [5.41, 5.74) is 3.83. The van der Waals surface area contributed by atoms with Gasteiger partial charge >= 0.3 is 255 Å². The summed E-state index contributed by atoms with van der Waals surface area (Å²) in [6.07, 6.45) is -2.69. The topological polar surface area (TPSA) is 63.2 Å². The zero-order valence-electron chi connectivity index (χ0n) is 23.6. The van der Waals surface area contributed by atoms with Crippen LogP contribution in [-0.4, -0.2) is 57.5 Å². The van der Waals surface area contributed by atoms with Gasteiger partial charge in [0.2, 0.25) is 0 Å². The molecule has 4 aromatic carbocycles. The molecule has 42 heavy (non-hydrogen) atoms. The van der Waals surface area contributed by atoms with Crippen LogP contribution in [0.25, 0.3) is 0 Å². The van der Waals surface area contributed by atoms with Gasteiger partial charge in [-0.2, -0.15) is 0 Å². The van der Waals surface area contributed by atoms with Crippen molar-refractivity contribution in [1.29, 1.82) is 0 Å². The zero-order valence-corrected chi connectivity index (χ0v) is 25.3. The predicted molar refractivity (Wildman–Crippen MR) is 162 cm³/mol. The average Bonchev–Trinajstić information content (AvgIpc) is 3.06. The summed E-state index contributed by atoms with van der Waals surface area (Å²) in [5, 5.41) is 0.511. The minimum absolute atomic E-state index is 0.117. The monoisotopic (exact) mass is 632 g/mol. The molecule has 1 aliphatic rings. The second-order valence-electron chi connectivity index (χ2n) is 10.0. The molecule has 218 valence electrons. The van der Waals surface area contributed by atoms with Gasteiger partial charge in [0.25, 0.3) is 0 Å². The molecule has 7 heteroatoms. The van der Waals surface area contributed by atoms with Crippen molar-refractivity contribution in [3.8, 4) is 0 Å². The molecular weight excluding hydrogens is 595 g/mol. The Kier molecular flexibility index (Phi) is 11.5. The molecule has 0 radical (unpaired) electrons. The number of methoxy groups -OCH3 is 1. The SMILES string of the molecule is CO[C@H]1O[C@H](C[Se]C(=O)c2ccccc2)[C@@H](OCc2ccccc2)[C@H](OCc2ccccc2)[C@@H]1OCc1ccccc1. The van der Waals surface area contributed by atoms with Crippen LogP contribution >= 0.6 is 0 Å². The van der Waals surface area contributed by atoms with Crippen LogP contribution in [0.2, 0.25) is 5.32 Å². The Labute approximate surface area is 254 Å². The van der Waals surface area contributed by atoms with Gasteiger partial charge < -0.3 is 0 Å². The van der Waals surface area contributed by atoms with Gasteiger partial charge in [-0.1, -0.05) is 0 Å². The second-order valence-corrected chi connectivity index (χ2v) is 12.1. The number of rotatable bonds is 14. The van der Waals surface area contributed by atoms with Crippen LogP contribution in [0.3, 0.4) is 0 Å². The molecule has 0 unspecified atom stereocenters. The summed E-state index contributed by atoms with van der Waals surface area (Å²) < 4.78 is 32.2. The summed E-state index contributed by atoms with van der Waals surface area (Å²) in [6, 6.07) is 39.5. The van der Waals surface area contributed by atoms with Crippen molar-refractivity contribution in [1.82, 2.24) is 0 Å². The number of carbonyl (C=O) groups excluding carboxylic acids is 1. The third kappa shape index (κ3) is 8.46. The molecule has 1 fully saturated rings. The van der Waals surface area contributed by atoms with Gasteiger partial charge in [-0.15, -0.1) is 0 Å². The van der Waals surface area contributed by atoms with Crippen molar-refractivity contribution in [3.63, 3.8) is 0 Å². The molecule has 0 amide bonds. The van der Waals surface area contributed by atoms with E-state index >= 15 is 0 Å². The maximum atomic E-state index is 13.1. The Balaban J connectivity index is 1.40. The standard InChI is InChI=1S/C35H36O6Se/c1-37-35-33(40-24-28-18-10-4-11-19-28)32(39-23-27-16-8-3-9-17-27)31(38-22-26-14-6-2-7-15-26)30(41-35)25-42-34(36)29-20-12-5-13-21-29/h2-21,30-33,35H,22-25H2,1H3/t30-,31-,32+,33+,35+/m1/s1. The summed E-state index contributed by atoms with van der Waals surface area (Å²) in [4.78, 5) is 13.1. The molecule has 6 nitrogen and oxygen atoms in total. The predicted octanol–water partition coefficient (Wildman–Crippen LogP) is 6.08. The van der Waals surface area contributed by atoms with Crippen LogP contribution in [-0.2, 0) is 43.5 Å². The number of hydrogen-bond donors (Lipinski definition) is 0. The molecule has 5 rings (SSSR count). The first kappa shape index (κ1) is 30.3. The molecule has 1 heterocycles. The van der Waals surface area contributed by atoms with Gasteiger partial charge in [-0.3, -0.25) is 0 Å². The second kappa shape index (κ2) is 15.9. The van der Waals surface area contributed by atoms with Gasteiger partial charge in [0, 0.05) is 0 Å². The van der Waals surface area contributed by atoms with Crippen LogP contribution in [0.4, 0.5) is 0 Å². The molecule has 4 aromatic rings. The number of carbonyl (C=O) groups is 1. The summed E-state index contributed by atoms with van der Waals surface area (Å²) in [6.45, 7) is 1.12. The molecule has 0 saturated carbocycles. The van der Waals surface area contributed by atoms with Gasteiger partial charge in [0.15, 0.2) is 0 Å².